The zero-order chi connectivity index (χ0) is 15.6. The Hall–Kier alpha value is -2.41. The first-order chi connectivity index (χ1) is 10.5. The molecule has 0 spiro atoms. The van der Waals surface area contributed by atoms with Crippen LogP contribution in [-0.4, -0.2) is 25.6 Å². The van der Waals surface area contributed by atoms with Crippen LogP contribution in [0.3, 0.4) is 0 Å². The third-order valence-electron chi connectivity index (χ3n) is 3.90. The zero-order valence-electron chi connectivity index (χ0n) is 11.1. The summed E-state index contributed by atoms with van der Waals surface area (Å²) in [6.45, 7) is 0. The molecule has 1 fully saturated rings. The number of carboxylic acid groups (broad SMARTS) is 1. The summed E-state index contributed by atoms with van der Waals surface area (Å²) in [6.07, 6.45) is 4.15. The minimum absolute atomic E-state index is 0.0264. The molecule has 0 radical (unpaired) electrons. The lowest BCUT2D eigenvalue weighted by Crippen LogP contribution is -2.19. The van der Waals surface area contributed by atoms with Gasteiger partial charge in [0.1, 0.15) is 16.1 Å². The van der Waals surface area contributed by atoms with E-state index in [9.17, 15) is 19.1 Å². The van der Waals surface area contributed by atoms with Crippen molar-refractivity contribution in [3.63, 3.8) is 0 Å². The zero-order valence-corrected chi connectivity index (χ0v) is 11.8. The highest BCUT2D eigenvalue weighted by molar-refractivity contribution is 6.37. The Morgan fingerprint density at radius 1 is 1.50 bits per heavy atom. The summed E-state index contributed by atoms with van der Waals surface area (Å²) in [5.41, 5.74) is -0.749. The molecule has 1 aliphatic carbocycles. The average molecular weight is 322 g/mol. The van der Waals surface area contributed by atoms with Gasteiger partial charge in [-0.2, -0.15) is 0 Å². The van der Waals surface area contributed by atoms with E-state index in [1.165, 1.54) is 12.5 Å². The summed E-state index contributed by atoms with van der Waals surface area (Å²) >= 11 is 6.11. The van der Waals surface area contributed by atoms with Crippen LogP contribution in [0.4, 0.5) is 4.39 Å². The van der Waals surface area contributed by atoms with Gasteiger partial charge in [-0.05, 0) is 12.8 Å². The number of fused-ring (bicyclic) bond motifs is 3. The number of hydrogen-bond acceptors (Lipinski definition) is 3. The van der Waals surface area contributed by atoms with E-state index in [1.807, 2.05) is 0 Å². The Labute approximate surface area is 127 Å². The van der Waals surface area contributed by atoms with E-state index in [2.05, 4.69) is 9.97 Å². The number of imidazole rings is 1. The predicted octanol–water partition coefficient (Wildman–Crippen LogP) is 2.70. The van der Waals surface area contributed by atoms with E-state index in [1.54, 1.807) is 4.57 Å². The average Bonchev–Trinajstić information content (AvgIpc) is 3.20. The van der Waals surface area contributed by atoms with Gasteiger partial charge < -0.3 is 14.7 Å². The number of nitrogens with zero attached hydrogens (tertiary/aromatic N) is 2. The molecule has 6 nitrogen and oxygen atoms in total. The van der Waals surface area contributed by atoms with E-state index in [0.717, 1.165) is 12.8 Å². The molecule has 112 valence electrons. The molecular formula is C14H9ClFN3O3. The molecule has 0 saturated heterocycles. The highest BCUT2D eigenvalue weighted by Gasteiger charge is 2.30. The van der Waals surface area contributed by atoms with Gasteiger partial charge in [-0.1, -0.05) is 11.6 Å². The van der Waals surface area contributed by atoms with Crippen LogP contribution in [-0.2, 0) is 0 Å². The van der Waals surface area contributed by atoms with Gasteiger partial charge in [-0.15, -0.1) is 0 Å². The summed E-state index contributed by atoms with van der Waals surface area (Å²) in [6, 6.07) is 0.0264. The normalized spacial score (nSPS) is 14.8. The number of aromatic amines is 1. The quantitative estimate of drug-likeness (QED) is 0.759. The number of aromatic carboxylic acids is 1. The van der Waals surface area contributed by atoms with Gasteiger partial charge in [0.05, 0.1) is 22.7 Å². The highest BCUT2D eigenvalue weighted by atomic mass is 35.5. The fourth-order valence-electron chi connectivity index (χ4n) is 2.74. The summed E-state index contributed by atoms with van der Waals surface area (Å²) in [7, 11) is 0. The van der Waals surface area contributed by atoms with Gasteiger partial charge in [0.25, 0.3) is 0 Å². The third kappa shape index (κ3) is 1.62. The Kier molecular flexibility index (Phi) is 2.59. The number of nitrogens with one attached hydrogen (secondary N) is 1. The van der Waals surface area contributed by atoms with Crippen molar-refractivity contribution in [3.05, 3.63) is 39.2 Å². The molecule has 3 aromatic rings. The number of halogens is 2. The number of H-pyrrole nitrogens is 1. The summed E-state index contributed by atoms with van der Waals surface area (Å²) < 4.78 is 16.0. The van der Waals surface area contributed by atoms with Crippen LogP contribution in [0.15, 0.2) is 17.3 Å². The molecule has 0 bridgehead atoms. The van der Waals surface area contributed by atoms with Crippen LogP contribution in [0.25, 0.3) is 21.9 Å². The predicted molar refractivity (Wildman–Crippen MR) is 78.1 cm³/mol. The van der Waals surface area contributed by atoms with Crippen molar-refractivity contribution >= 4 is 39.5 Å². The molecule has 0 atom stereocenters. The first kappa shape index (κ1) is 13.3. The summed E-state index contributed by atoms with van der Waals surface area (Å²) in [5, 5.41) is 9.10. The number of carboxylic acids is 1. The first-order valence-corrected chi connectivity index (χ1v) is 7.00. The molecule has 2 aromatic heterocycles. The van der Waals surface area contributed by atoms with Crippen LogP contribution in [0.5, 0.6) is 0 Å². The van der Waals surface area contributed by atoms with Crippen LogP contribution in [0.2, 0.25) is 5.02 Å². The number of benzene rings is 1. The topological polar surface area (TPSA) is 88.0 Å². The maximum Gasteiger partial charge on any atom is 0.341 e. The van der Waals surface area contributed by atoms with Gasteiger partial charge in [0.2, 0.25) is 5.43 Å². The maximum absolute atomic E-state index is 14.4. The van der Waals surface area contributed by atoms with Gasteiger partial charge >= 0.3 is 5.97 Å². The largest absolute Gasteiger partial charge is 0.477 e. The Balaban J connectivity index is 2.33. The van der Waals surface area contributed by atoms with Crippen molar-refractivity contribution in [2.45, 2.75) is 18.9 Å². The monoisotopic (exact) mass is 321 g/mol. The van der Waals surface area contributed by atoms with Crippen LogP contribution >= 0.6 is 11.6 Å². The highest BCUT2D eigenvalue weighted by Crippen LogP contribution is 2.40. The van der Waals surface area contributed by atoms with Crippen molar-refractivity contribution in [2.24, 2.45) is 0 Å². The number of pyridine rings is 1. The molecule has 2 heterocycles. The first-order valence-electron chi connectivity index (χ1n) is 6.63. The van der Waals surface area contributed by atoms with E-state index in [-0.39, 0.29) is 38.6 Å². The van der Waals surface area contributed by atoms with Crippen molar-refractivity contribution in [3.8, 4) is 0 Å². The molecule has 8 heteroatoms. The van der Waals surface area contributed by atoms with Gasteiger partial charge in [-0.3, -0.25) is 4.79 Å². The van der Waals surface area contributed by atoms with E-state index < -0.39 is 17.2 Å². The van der Waals surface area contributed by atoms with E-state index >= 15 is 0 Å². The van der Waals surface area contributed by atoms with E-state index in [0.29, 0.717) is 0 Å². The Morgan fingerprint density at radius 3 is 2.86 bits per heavy atom. The van der Waals surface area contributed by atoms with Crippen molar-refractivity contribution in [2.75, 3.05) is 0 Å². The van der Waals surface area contributed by atoms with Crippen molar-refractivity contribution in [1.82, 2.24) is 14.5 Å². The Bertz CT molecular complexity index is 1020. The summed E-state index contributed by atoms with van der Waals surface area (Å²) in [5.74, 6) is -2.04. The smallest absolute Gasteiger partial charge is 0.341 e. The minimum atomic E-state index is -1.32. The molecule has 22 heavy (non-hydrogen) atoms. The molecule has 1 aliphatic rings. The van der Waals surface area contributed by atoms with Crippen LogP contribution < -0.4 is 5.43 Å². The fourth-order valence-corrected chi connectivity index (χ4v) is 3.02. The molecule has 1 saturated carbocycles. The second kappa shape index (κ2) is 4.30. The lowest BCUT2D eigenvalue weighted by Gasteiger charge is -2.13. The maximum atomic E-state index is 14.4. The molecule has 0 aliphatic heterocycles. The fraction of sp³-hybridized carbons (Fsp3) is 0.214. The number of aromatic nitrogens is 3. The minimum Gasteiger partial charge on any atom is -0.477 e. The second-order valence-electron chi connectivity index (χ2n) is 5.29. The van der Waals surface area contributed by atoms with Crippen molar-refractivity contribution in [1.29, 1.82) is 0 Å². The SMILES string of the molecule is O=C(O)c1cn(C2CC2)c2c(Cl)c(F)c3nc[nH]c3c2c1=O. The lowest BCUT2D eigenvalue weighted by molar-refractivity contribution is 0.0695. The lowest BCUT2D eigenvalue weighted by atomic mass is 10.1. The second-order valence-corrected chi connectivity index (χ2v) is 5.67. The van der Waals surface area contributed by atoms with Gasteiger partial charge in [0.15, 0.2) is 5.82 Å². The standard InChI is InChI=1S/C14H9ClFN3O3/c15-8-9(16)11-10(17-4-18-11)7-12(8)19(5-1-2-5)3-6(13(7)20)14(21)22/h3-5H,1-2H2,(H,17,18)(H,21,22). The van der Waals surface area contributed by atoms with Gasteiger partial charge in [-0.25, -0.2) is 14.2 Å². The summed E-state index contributed by atoms with van der Waals surface area (Å²) in [4.78, 5) is 30.4. The van der Waals surface area contributed by atoms with Gasteiger partial charge in [0, 0.05) is 12.2 Å². The number of rotatable bonds is 2. The van der Waals surface area contributed by atoms with E-state index in [4.69, 9.17) is 11.6 Å². The van der Waals surface area contributed by atoms with Crippen LogP contribution in [0.1, 0.15) is 29.2 Å². The molecule has 1 aromatic carbocycles. The van der Waals surface area contributed by atoms with Crippen molar-refractivity contribution < 1.29 is 14.3 Å². The number of carbonyl (C=O) groups is 1. The molecule has 0 unspecified atom stereocenters. The molecule has 2 N–H and O–H groups in total. The molecule has 4 rings (SSSR count). The molecular weight excluding hydrogens is 313 g/mol. The van der Waals surface area contributed by atoms with Crippen LogP contribution in [0, 0.1) is 5.82 Å². The molecule has 0 amide bonds. The third-order valence-corrected chi connectivity index (χ3v) is 4.25. The Morgan fingerprint density at radius 2 is 2.23 bits per heavy atom. The number of hydrogen-bond donors (Lipinski definition) is 2.